The highest BCUT2D eigenvalue weighted by molar-refractivity contribution is 6.31. The number of hydrogen-bond acceptors (Lipinski definition) is 5. The first-order valence-corrected chi connectivity index (χ1v) is 8.28. The van der Waals surface area contributed by atoms with Gasteiger partial charge in [-0.25, -0.2) is 4.98 Å². The highest BCUT2D eigenvalue weighted by atomic mass is 35.5. The highest BCUT2D eigenvalue weighted by Crippen LogP contribution is 2.26. The predicted octanol–water partition coefficient (Wildman–Crippen LogP) is 3.25. The van der Waals surface area contributed by atoms with Crippen molar-refractivity contribution >= 4 is 23.5 Å². The Hall–Kier alpha value is -2.47. The summed E-state index contributed by atoms with van der Waals surface area (Å²) >= 11 is 6.23. The third-order valence-electron chi connectivity index (χ3n) is 3.34. The zero-order valence-electron chi connectivity index (χ0n) is 14.3. The van der Waals surface area contributed by atoms with Crippen LogP contribution in [-0.4, -0.2) is 27.9 Å². The Balaban J connectivity index is 2.22. The number of carbonyl (C=O) groups is 2. The molecular weight excluding hydrogens is 342 g/mol. The molecule has 1 aromatic carbocycles. The third kappa shape index (κ3) is 5.53. The summed E-state index contributed by atoms with van der Waals surface area (Å²) in [7, 11) is 0. The van der Waals surface area contributed by atoms with E-state index in [1.807, 2.05) is 0 Å². The monoisotopic (exact) mass is 361 g/mol. The molecule has 1 heterocycles. The minimum Gasteiger partial charge on any atom is -0.463 e. The summed E-state index contributed by atoms with van der Waals surface area (Å²) in [6.07, 6.45) is 2.62. The molecule has 0 bridgehead atoms. The lowest BCUT2D eigenvalue weighted by molar-refractivity contribution is -0.147. The van der Waals surface area contributed by atoms with E-state index in [0.717, 1.165) is 0 Å². The van der Waals surface area contributed by atoms with Crippen molar-refractivity contribution < 1.29 is 14.3 Å². The van der Waals surface area contributed by atoms with E-state index in [2.05, 4.69) is 15.3 Å². The Bertz CT molecular complexity index is 747. The molecular formula is C18H20ClN3O3. The summed E-state index contributed by atoms with van der Waals surface area (Å²) in [6, 6.07) is 6.41. The second-order valence-electron chi connectivity index (χ2n) is 5.83. The summed E-state index contributed by atoms with van der Waals surface area (Å²) in [6.45, 7) is 5.31. The Morgan fingerprint density at radius 3 is 2.52 bits per heavy atom. The van der Waals surface area contributed by atoms with E-state index < -0.39 is 17.9 Å². The lowest BCUT2D eigenvalue weighted by atomic mass is 10.0. The van der Waals surface area contributed by atoms with Crippen LogP contribution in [0.4, 0.5) is 0 Å². The lowest BCUT2D eigenvalue weighted by Crippen LogP contribution is -2.32. The number of hydrogen-bond donors (Lipinski definition) is 1. The quantitative estimate of drug-likeness (QED) is 0.799. The summed E-state index contributed by atoms with van der Waals surface area (Å²) in [4.78, 5) is 32.6. The van der Waals surface area contributed by atoms with Crippen molar-refractivity contribution in [2.24, 2.45) is 0 Å². The maximum Gasteiger partial charge on any atom is 0.308 e. The van der Waals surface area contributed by atoms with Crippen LogP contribution in [0.3, 0.4) is 0 Å². The number of benzene rings is 1. The first kappa shape index (κ1) is 18.9. The van der Waals surface area contributed by atoms with Gasteiger partial charge in [0.15, 0.2) is 0 Å². The number of ether oxygens (including phenoxy) is 1. The van der Waals surface area contributed by atoms with Gasteiger partial charge in [0.1, 0.15) is 5.69 Å². The molecule has 0 spiro atoms. The molecule has 6 nitrogen and oxygen atoms in total. The first-order chi connectivity index (χ1) is 11.9. The van der Waals surface area contributed by atoms with Gasteiger partial charge in [-0.2, -0.15) is 0 Å². The molecule has 7 heteroatoms. The van der Waals surface area contributed by atoms with E-state index in [9.17, 15) is 9.59 Å². The largest absolute Gasteiger partial charge is 0.463 e. The number of amides is 1. The second kappa shape index (κ2) is 8.58. The molecule has 0 aliphatic rings. The third-order valence-corrected chi connectivity index (χ3v) is 3.68. The lowest BCUT2D eigenvalue weighted by Gasteiger charge is -2.20. The number of nitrogens with zero attached hydrogens (tertiary/aromatic N) is 2. The molecule has 0 fully saturated rings. The zero-order chi connectivity index (χ0) is 18.4. The van der Waals surface area contributed by atoms with Crippen LogP contribution in [-0.2, 0) is 9.53 Å². The fourth-order valence-corrected chi connectivity index (χ4v) is 2.48. The summed E-state index contributed by atoms with van der Waals surface area (Å²) in [5.41, 5.74) is 1.51. The molecule has 0 aliphatic carbocycles. The van der Waals surface area contributed by atoms with Gasteiger partial charge in [0.25, 0.3) is 5.91 Å². The second-order valence-corrected chi connectivity index (χ2v) is 6.24. The molecule has 1 aromatic heterocycles. The molecule has 1 unspecified atom stereocenters. The van der Waals surface area contributed by atoms with Crippen molar-refractivity contribution in [1.29, 1.82) is 0 Å². The molecule has 0 saturated heterocycles. The number of aromatic nitrogens is 2. The molecule has 1 amide bonds. The minimum atomic E-state index is -0.629. The first-order valence-electron chi connectivity index (χ1n) is 7.90. The van der Waals surface area contributed by atoms with Crippen LogP contribution in [0.15, 0.2) is 36.7 Å². The zero-order valence-corrected chi connectivity index (χ0v) is 15.1. The molecule has 1 N–H and O–H groups in total. The van der Waals surface area contributed by atoms with Gasteiger partial charge >= 0.3 is 5.97 Å². The van der Waals surface area contributed by atoms with Crippen LogP contribution in [0.1, 0.15) is 48.1 Å². The summed E-state index contributed by atoms with van der Waals surface area (Å²) < 4.78 is 5.18. The SMILES string of the molecule is Cc1cnc(C(=O)NC(CC(=O)OC(C)C)c2ccccc2Cl)cn1. The molecule has 2 aromatic rings. The molecule has 2 rings (SSSR count). The van der Waals surface area contributed by atoms with Crippen LogP contribution >= 0.6 is 11.6 Å². The molecule has 25 heavy (non-hydrogen) atoms. The minimum absolute atomic E-state index is 0.0348. The van der Waals surface area contributed by atoms with Gasteiger partial charge in [-0.1, -0.05) is 29.8 Å². The molecule has 1 atom stereocenters. The van der Waals surface area contributed by atoms with Gasteiger partial charge in [-0.3, -0.25) is 14.6 Å². The standard InChI is InChI=1S/C18H20ClN3O3/c1-11(2)25-17(23)8-15(13-6-4-5-7-14(13)19)22-18(24)16-10-20-12(3)9-21-16/h4-7,9-11,15H,8H2,1-3H3,(H,22,24). The number of halogens is 1. The van der Waals surface area contributed by atoms with Gasteiger partial charge in [0, 0.05) is 11.2 Å². The van der Waals surface area contributed by atoms with E-state index in [1.165, 1.54) is 12.4 Å². The fraction of sp³-hybridized carbons (Fsp3) is 0.333. The van der Waals surface area contributed by atoms with Gasteiger partial charge in [-0.15, -0.1) is 0 Å². The number of rotatable bonds is 6. The summed E-state index contributed by atoms with van der Waals surface area (Å²) in [5.74, 6) is -0.857. The maximum atomic E-state index is 12.4. The van der Waals surface area contributed by atoms with Crippen molar-refractivity contribution in [3.8, 4) is 0 Å². The molecule has 0 radical (unpaired) electrons. The van der Waals surface area contributed by atoms with Crippen LogP contribution in [0.5, 0.6) is 0 Å². The Kier molecular flexibility index (Phi) is 6.47. The smallest absolute Gasteiger partial charge is 0.308 e. The number of nitrogens with one attached hydrogen (secondary N) is 1. The van der Waals surface area contributed by atoms with E-state index in [0.29, 0.717) is 16.3 Å². The normalized spacial score (nSPS) is 11.9. The van der Waals surface area contributed by atoms with Gasteiger partial charge in [-0.05, 0) is 32.4 Å². The molecule has 132 valence electrons. The van der Waals surface area contributed by atoms with Crippen LogP contribution < -0.4 is 5.32 Å². The topological polar surface area (TPSA) is 81.2 Å². The van der Waals surface area contributed by atoms with Crippen molar-refractivity contribution in [3.63, 3.8) is 0 Å². The van der Waals surface area contributed by atoms with E-state index in [1.54, 1.807) is 45.0 Å². The van der Waals surface area contributed by atoms with Crippen LogP contribution in [0, 0.1) is 6.92 Å². The summed E-state index contributed by atoms with van der Waals surface area (Å²) in [5, 5.41) is 3.25. The van der Waals surface area contributed by atoms with Crippen molar-refractivity contribution in [3.05, 3.63) is 58.6 Å². The van der Waals surface area contributed by atoms with Crippen LogP contribution in [0.25, 0.3) is 0 Å². The number of esters is 1. The van der Waals surface area contributed by atoms with Gasteiger partial charge < -0.3 is 10.1 Å². The van der Waals surface area contributed by atoms with E-state index in [4.69, 9.17) is 16.3 Å². The Morgan fingerprint density at radius 1 is 1.20 bits per heavy atom. The average molecular weight is 362 g/mol. The van der Waals surface area contributed by atoms with Crippen molar-refractivity contribution in [2.75, 3.05) is 0 Å². The van der Waals surface area contributed by atoms with E-state index >= 15 is 0 Å². The number of aryl methyl sites for hydroxylation is 1. The Morgan fingerprint density at radius 2 is 1.92 bits per heavy atom. The molecule has 0 saturated carbocycles. The van der Waals surface area contributed by atoms with Gasteiger partial charge in [0.2, 0.25) is 0 Å². The van der Waals surface area contributed by atoms with Crippen molar-refractivity contribution in [1.82, 2.24) is 15.3 Å². The maximum absolute atomic E-state index is 12.4. The van der Waals surface area contributed by atoms with Gasteiger partial charge in [0.05, 0.1) is 30.5 Å². The Labute approximate surface area is 151 Å². The van der Waals surface area contributed by atoms with Crippen LogP contribution in [0.2, 0.25) is 5.02 Å². The highest BCUT2D eigenvalue weighted by Gasteiger charge is 2.23. The predicted molar refractivity (Wildman–Crippen MR) is 94.3 cm³/mol. The number of carbonyl (C=O) groups excluding carboxylic acids is 2. The fourth-order valence-electron chi connectivity index (χ4n) is 2.22. The molecule has 0 aliphatic heterocycles. The average Bonchev–Trinajstić information content (AvgIpc) is 2.54. The van der Waals surface area contributed by atoms with E-state index in [-0.39, 0.29) is 18.2 Å². The van der Waals surface area contributed by atoms with Crippen molar-refractivity contribution in [2.45, 2.75) is 39.3 Å².